The van der Waals surface area contributed by atoms with Crippen molar-refractivity contribution in [1.82, 2.24) is 10.2 Å². The number of aromatic nitrogens is 2. The fraction of sp³-hybridized carbons (Fsp3) is 0.467. The molecular formula is C15H19N3S. The number of anilines is 1. The molecule has 1 fully saturated rings. The number of benzene rings is 1. The monoisotopic (exact) mass is 273 g/mol. The van der Waals surface area contributed by atoms with Crippen molar-refractivity contribution in [3.63, 3.8) is 0 Å². The summed E-state index contributed by atoms with van der Waals surface area (Å²) in [5, 5.41) is 13.6. The summed E-state index contributed by atoms with van der Waals surface area (Å²) in [6, 6.07) is 8.86. The average molecular weight is 273 g/mol. The van der Waals surface area contributed by atoms with Gasteiger partial charge in [0.05, 0.1) is 0 Å². The molecule has 0 spiro atoms. The van der Waals surface area contributed by atoms with E-state index in [0.29, 0.717) is 0 Å². The van der Waals surface area contributed by atoms with E-state index in [1.54, 1.807) is 11.3 Å². The molecule has 0 aliphatic heterocycles. The molecule has 1 aliphatic carbocycles. The van der Waals surface area contributed by atoms with Crippen LogP contribution < -0.4 is 5.32 Å². The Hall–Kier alpha value is -1.42. The maximum Gasteiger partial charge on any atom is 0.206 e. The van der Waals surface area contributed by atoms with Crippen LogP contribution in [0.1, 0.15) is 44.1 Å². The zero-order valence-electron chi connectivity index (χ0n) is 11.2. The molecule has 1 N–H and O–H groups in total. The van der Waals surface area contributed by atoms with Crippen LogP contribution in [0.5, 0.6) is 0 Å². The van der Waals surface area contributed by atoms with Gasteiger partial charge in [-0.2, -0.15) is 0 Å². The summed E-state index contributed by atoms with van der Waals surface area (Å²) >= 11 is 1.63. The predicted octanol–water partition coefficient (Wildman–Crippen LogP) is 4.29. The van der Waals surface area contributed by atoms with Crippen molar-refractivity contribution in [2.45, 2.75) is 38.5 Å². The predicted molar refractivity (Wildman–Crippen MR) is 80.7 cm³/mol. The largest absolute Gasteiger partial charge is 0.360 e. The summed E-state index contributed by atoms with van der Waals surface area (Å²) in [7, 11) is 0. The minimum Gasteiger partial charge on any atom is -0.360 e. The van der Waals surface area contributed by atoms with E-state index in [0.717, 1.165) is 29.0 Å². The minimum absolute atomic E-state index is 0.797. The number of nitrogens with one attached hydrogen (secondary N) is 1. The molecule has 1 heterocycles. The van der Waals surface area contributed by atoms with E-state index in [9.17, 15) is 0 Å². The van der Waals surface area contributed by atoms with Crippen LogP contribution >= 0.6 is 11.3 Å². The summed E-state index contributed by atoms with van der Waals surface area (Å²) in [5.74, 6) is 0.797. The molecule has 4 heteroatoms. The van der Waals surface area contributed by atoms with Crippen LogP contribution in [0.2, 0.25) is 0 Å². The Morgan fingerprint density at radius 2 is 2.00 bits per heavy atom. The zero-order valence-corrected chi connectivity index (χ0v) is 12.0. The average Bonchev–Trinajstić information content (AvgIpc) is 2.84. The first kappa shape index (κ1) is 12.6. The maximum absolute atomic E-state index is 4.25. The number of nitrogens with zero attached hydrogens (tertiary/aromatic N) is 2. The number of hydrogen-bond donors (Lipinski definition) is 1. The zero-order chi connectivity index (χ0) is 13.1. The minimum atomic E-state index is 0.797. The molecule has 0 amide bonds. The Kier molecular flexibility index (Phi) is 3.78. The molecule has 1 aromatic carbocycles. The smallest absolute Gasteiger partial charge is 0.206 e. The summed E-state index contributed by atoms with van der Waals surface area (Å²) < 4.78 is 0. The second kappa shape index (κ2) is 5.70. The lowest BCUT2D eigenvalue weighted by Gasteiger charge is -2.25. The quantitative estimate of drug-likeness (QED) is 0.883. The van der Waals surface area contributed by atoms with Gasteiger partial charge < -0.3 is 5.32 Å². The van der Waals surface area contributed by atoms with Crippen molar-refractivity contribution in [1.29, 1.82) is 0 Å². The van der Waals surface area contributed by atoms with E-state index in [-0.39, 0.29) is 0 Å². The van der Waals surface area contributed by atoms with Gasteiger partial charge in [-0.3, -0.25) is 0 Å². The third-order valence-corrected chi connectivity index (χ3v) is 4.62. The first-order valence-electron chi connectivity index (χ1n) is 7.04. The van der Waals surface area contributed by atoms with Crippen molar-refractivity contribution in [3.05, 3.63) is 29.8 Å². The lowest BCUT2D eigenvalue weighted by atomic mass is 9.80. The van der Waals surface area contributed by atoms with E-state index in [2.05, 4.69) is 46.7 Å². The van der Waals surface area contributed by atoms with Crippen LogP contribution in [0.4, 0.5) is 5.13 Å². The molecule has 100 valence electrons. The highest BCUT2D eigenvalue weighted by Crippen LogP contribution is 2.37. The highest BCUT2D eigenvalue weighted by atomic mass is 32.1. The van der Waals surface area contributed by atoms with Crippen LogP contribution in [0.25, 0.3) is 10.6 Å². The van der Waals surface area contributed by atoms with Gasteiger partial charge in [-0.15, -0.1) is 10.2 Å². The summed E-state index contributed by atoms with van der Waals surface area (Å²) in [6.07, 6.45) is 5.19. The normalized spacial score (nSPS) is 15.2. The van der Waals surface area contributed by atoms with Crippen molar-refractivity contribution in [2.24, 2.45) is 0 Å². The molecule has 2 aromatic rings. The number of rotatable bonds is 5. The fourth-order valence-electron chi connectivity index (χ4n) is 2.28. The SMILES string of the molecule is CCCNc1nnc(-c2ccc(C3CCC3)cc2)s1. The van der Waals surface area contributed by atoms with Gasteiger partial charge in [-0.05, 0) is 30.7 Å². The Bertz CT molecular complexity index is 529. The molecule has 1 saturated carbocycles. The van der Waals surface area contributed by atoms with Gasteiger partial charge in [0, 0.05) is 12.1 Å². The molecule has 19 heavy (non-hydrogen) atoms. The van der Waals surface area contributed by atoms with Crippen LogP contribution in [-0.2, 0) is 0 Å². The van der Waals surface area contributed by atoms with Crippen LogP contribution in [0, 0.1) is 0 Å². The fourth-order valence-corrected chi connectivity index (χ4v) is 3.06. The lowest BCUT2D eigenvalue weighted by Crippen LogP contribution is -2.08. The van der Waals surface area contributed by atoms with Gasteiger partial charge in [0.1, 0.15) is 5.01 Å². The van der Waals surface area contributed by atoms with Gasteiger partial charge in [-0.25, -0.2) is 0 Å². The highest BCUT2D eigenvalue weighted by Gasteiger charge is 2.19. The van der Waals surface area contributed by atoms with Gasteiger partial charge in [-0.1, -0.05) is 48.9 Å². The van der Waals surface area contributed by atoms with Gasteiger partial charge in [0.25, 0.3) is 0 Å². The molecule has 3 nitrogen and oxygen atoms in total. The topological polar surface area (TPSA) is 37.8 Å². The summed E-state index contributed by atoms with van der Waals surface area (Å²) in [6.45, 7) is 3.10. The van der Waals surface area contributed by atoms with Crippen molar-refractivity contribution in [3.8, 4) is 10.6 Å². The first-order valence-corrected chi connectivity index (χ1v) is 7.86. The standard InChI is InChI=1S/C15H19N3S/c1-2-10-16-15-18-17-14(19-15)13-8-6-12(7-9-13)11-4-3-5-11/h6-9,11H,2-5,10H2,1H3,(H,16,18). The van der Waals surface area contributed by atoms with Crippen molar-refractivity contribution >= 4 is 16.5 Å². The van der Waals surface area contributed by atoms with Crippen LogP contribution in [0.3, 0.4) is 0 Å². The van der Waals surface area contributed by atoms with E-state index in [4.69, 9.17) is 0 Å². The Balaban J connectivity index is 1.72. The Labute approximate surface area is 118 Å². The number of hydrogen-bond acceptors (Lipinski definition) is 4. The van der Waals surface area contributed by atoms with Gasteiger partial charge in [0.2, 0.25) is 5.13 Å². The molecule has 0 radical (unpaired) electrons. The molecule has 3 rings (SSSR count). The second-order valence-electron chi connectivity index (χ2n) is 5.09. The third kappa shape index (κ3) is 2.78. The first-order chi connectivity index (χ1) is 9.36. The van der Waals surface area contributed by atoms with E-state index in [1.807, 2.05) is 0 Å². The highest BCUT2D eigenvalue weighted by molar-refractivity contribution is 7.18. The summed E-state index contributed by atoms with van der Waals surface area (Å²) in [4.78, 5) is 0. The molecule has 1 aromatic heterocycles. The van der Waals surface area contributed by atoms with E-state index >= 15 is 0 Å². The molecule has 0 unspecified atom stereocenters. The van der Waals surface area contributed by atoms with Crippen LogP contribution in [-0.4, -0.2) is 16.7 Å². The second-order valence-corrected chi connectivity index (χ2v) is 6.07. The third-order valence-electron chi connectivity index (χ3n) is 3.69. The lowest BCUT2D eigenvalue weighted by molar-refractivity contribution is 0.420. The van der Waals surface area contributed by atoms with E-state index < -0.39 is 0 Å². The van der Waals surface area contributed by atoms with Gasteiger partial charge in [0.15, 0.2) is 0 Å². The Morgan fingerprint density at radius 1 is 1.21 bits per heavy atom. The molecule has 0 bridgehead atoms. The van der Waals surface area contributed by atoms with Crippen LogP contribution in [0.15, 0.2) is 24.3 Å². The maximum atomic E-state index is 4.25. The molecular weight excluding hydrogens is 254 g/mol. The summed E-state index contributed by atoms with van der Waals surface area (Å²) in [5.41, 5.74) is 2.65. The molecule has 0 saturated heterocycles. The molecule has 0 atom stereocenters. The van der Waals surface area contributed by atoms with Gasteiger partial charge >= 0.3 is 0 Å². The van der Waals surface area contributed by atoms with Crippen molar-refractivity contribution in [2.75, 3.05) is 11.9 Å². The van der Waals surface area contributed by atoms with E-state index in [1.165, 1.54) is 30.4 Å². The van der Waals surface area contributed by atoms with Crippen molar-refractivity contribution < 1.29 is 0 Å². The molecule has 1 aliphatic rings. The Morgan fingerprint density at radius 3 is 2.63 bits per heavy atom.